The van der Waals surface area contributed by atoms with Gasteiger partial charge in [-0.05, 0) is 44.1 Å². The van der Waals surface area contributed by atoms with Gasteiger partial charge >= 0.3 is 5.97 Å². The molecule has 1 aliphatic carbocycles. The third kappa shape index (κ3) is 3.43. The number of carboxylic acid groups (broad SMARTS) is 1. The van der Waals surface area contributed by atoms with E-state index < -0.39 is 5.97 Å². The lowest BCUT2D eigenvalue weighted by atomic mass is 9.93. The predicted molar refractivity (Wildman–Crippen MR) is 76.1 cm³/mol. The monoisotopic (exact) mass is 291 g/mol. The smallest absolute Gasteiger partial charge is 0.303 e. The molecule has 1 amide bonds. The van der Waals surface area contributed by atoms with Crippen LogP contribution in [0.3, 0.4) is 0 Å². The van der Waals surface area contributed by atoms with Crippen LogP contribution in [0.1, 0.15) is 60.6 Å². The molecule has 21 heavy (non-hydrogen) atoms. The molecule has 0 bridgehead atoms. The minimum absolute atomic E-state index is 0.0295. The van der Waals surface area contributed by atoms with Crippen LogP contribution >= 0.6 is 0 Å². The average Bonchev–Trinajstić information content (AvgIpc) is 3.22. The Labute approximate surface area is 123 Å². The number of hydrogen-bond donors (Lipinski definition) is 2. The molecule has 6 heteroatoms. The van der Waals surface area contributed by atoms with Crippen molar-refractivity contribution in [1.82, 2.24) is 15.1 Å². The van der Waals surface area contributed by atoms with Gasteiger partial charge in [0.15, 0.2) is 0 Å². The van der Waals surface area contributed by atoms with Gasteiger partial charge in [-0.3, -0.25) is 14.7 Å². The Morgan fingerprint density at radius 2 is 2.19 bits per heavy atom. The highest BCUT2D eigenvalue weighted by atomic mass is 16.4. The number of rotatable bonds is 5. The molecule has 1 saturated heterocycles. The normalized spacial score (nSPS) is 22.3. The first-order valence-electron chi connectivity index (χ1n) is 7.70. The number of aliphatic carboxylic acids is 1. The summed E-state index contributed by atoms with van der Waals surface area (Å²) in [6, 6.07) is 1.88. The summed E-state index contributed by atoms with van der Waals surface area (Å²) in [6.07, 6.45) is 5.13. The number of aromatic amines is 1. The minimum Gasteiger partial charge on any atom is -0.481 e. The van der Waals surface area contributed by atoms with Crippen LogP contribution < -0.4 is 0 Å². The molecule has 0 aromatic carbocycles. The molecule has 1 aromatic rings. The van der Waals surface area contributed by atoms with Crippen LogP contribution in [0.5, 0.6) is 0 Å². The molecule has 1 aliphatic heterocycles. The van der Waals surface area contributed by atoms with E-state index in [1.54, 1.807) is 0 Å². The summed E-state index contributed by atoms with van der Waals surface area (Å²) in [7, 11) is 0. The highest BCUT2D eigenvalue weighted by Gasteiger charge is 2.29. The molecular formula is C15H21N3O3. The largest absolute Gasteiger partial charge is 0.481 e. The van der Waals surface area contributed by atoms with E-state index in [9.17, 15) is 9.59 Å². The molecule has 0 unspecified atom stereocenters. The molecule has 2 heterocycles. The zero-order valence-corrected chi connectivity index (χ0v) is 12.0. The van der Waals surface area contributed by atoms with Crippen molar-refractivity contribution in [3.63, 3.8) is 0 Å². The number of hydrogen-bond acceptors (Lipinski definition) is 3. The van der Waals surface area contributed by atoms with E-state index in [0.717, 1.165) is 25.1 Å². The van der Waals surface area contributed by atoms with E-state index in [2.05, 4.69) is 10.2 Å². The quantitative estimate of drug-likeness (QED) is 0.868. The second kappa shape index (κ2) is 5.87. The van der Waals surface area contributed by atoms with Gasteiger partial charge in [0.05, 0.1) is 0 Å². The number of carbonyl (C=O) groups excluding carboxylic acids is 1. The van der Waals surface area contributed by atoms with E-state index >= 15 is 0 Å². The zero-order chi connectivity index (χ0) is 14.8. The Hall–Kier alpha value is -1.85. The molecule has 0 spiro atoms. The summed E-state index contributed by atoms with van der Waals surface area (Å²) >= 11 is 0. The fraction of sp³-hybridized carbons (Fsp3) is 0.667. The Balaban J connectivity index is 1.59. The molecule has 3 rings (SSSR count). The Morgan fingerprint density at radius 3 is 2.90 bits per heavy atom. The van der Waals surface area contributed by atoms with Crippen molar-refractivity contribution in [2.75, 3.05) is 13.1 Å². The van der Waals surface area contributed by atoms with E-state index in [1.807, 2.05) is 11.0 Å². The second-order valence-corrected chi connectivity index (χ2v) is 6.17. The number of nitrogens with zero attached hydrogens (tertiary/aromatic N) is 2. The van der Waals surface area contributed by atoms with Crippen LogP contribution in [0.2, 0.25) is 0 Å². The standard InChI is InChI=1S/C15H21N3O3/c19-14(20)6-3-10-2-1-7-18(9-10)15(21)13-8-12(16-17-13)11-4-5-11/h8,10-11H,1-7,9H2,(H,16,17)(H,19,20)/t10-/m0/s1. The first kappa shape index (κ1) is 14.1. The number of piperidine rings is 1. The first-order valence-corrected chi connectivity index (χ1v) is 7.70. The molecule has 1 atom stereocenters. The average molecular weight is 291 g/mol. The number of amides is 1. The van der Waals surface area contributed by atoms with Crippen LogP contribution in [0, 0.1) is 5.92 Å². The van der Waals surface area contributed by atoms with Gasteiger partial charge in [-0.1, -0.05) is 0 Å². The summed E-state index contributed by atoms with van der Waals surface area (Å²) in [5, 5.41) is 15.9. The van der Waals surface area contributed by atoms with Crippen molar-refractivity contribution in [3.05, 3.63) is 17.5 Å². The topological polar surface area (TPSA) is 86.3 Å². The van der Waals surface area contributed by atoms with Crippen LogP contribution in [-0.4, -0.2) is 45.2 Å². The Morgan fingerprint density at radius 1 is 1.38 bits per heavy atom. The van der Waals surface area contributed by atoms with Crippen molar-refractivity contribution >= 4 is 11.9 Å². The fourth-order valence-corrected chi connectivity index (χ4v) is 3.02. The van der Waals surface area contributed by atoms with Crippen molar-refractivity contribution in [3.8, 4) is 0 Å². The number of carbonyl (C=O) groups is 2. The Bertz CT molecular complexity index is 536. The minimum atomic E-state index is -0.764. The lowest BCUT2D eigenvalue weighted by Gasteiger charge is -2.32. The summed E-state index contributed by atoms with van der Waals surface area (Å²) in [5.41, 5.74) is 1.56. The first-order chi connectivity index (χ1) is 10.1. The maximum absolute atomic E-state index is 12.5. The number of carboxylic acids is 1. The molecule has 2 N–H and O–H groups in total. The van der Waals surface area contributed by atoms with E-state index in [4.69, 9.17) is 5.11 Å². The van der Waals surface area contributed by atoms with Crippen LogP contribution in [0.15, 0.2) is 6.07 Å². The molecular weight excluding hydrogens is 270 g/mol. The van der Waals surface area contributed by atoms with Gasteiger partial charge < -0.3 is 10.0 Å². The number of H-pyrrole nitrogens is 1. The lowest BCUT2D eigenvalue weighted by Crippen LogP contribution is -2.40. The number of likely N-dealkylation sites (tertiary alicyclic amines) is 1. The van der Waals surface area contributed by atoms with Gasteiger partial charge in [0.1, 0.15) is 5.69 Å². The third-order valence-corrected chi connectivity index (χ3v) is 4.41. The number of nitrogens with one attached hydrogen (secondary N) is 1. The highest BCUT2D eigenvalue weighted by molar-refractivity contribution is 5.92. The fourth-order valence-electron chi connectivity index (χ4n) is 3.02. The summed E-state index contributed by atoms with van der Waals surface area (Å²) < 4.78 is 0. The van der Waals surface area contributed by atoms with Crippen molar-refractivity contribution in [2.45, 2.75) is 44.4 Å². The van der Waals surface area contributed by atoms with Crippen LogP contribution in [0.4, 0.5) is 0 Å². The second-order valence-electron chi connectivity index (χ2n) is 6.17. The van der Waals surface area contributed by atoms with Crippen molar-refractivity contribution in [2.24, 2.45) is 5.92 Å². The SMILES string of the molecule is O=C(O)CC[C@@H]1CCCN(C(=O)c2cc(C3CC3)[nH]n2)C1. The molecule has 6 nitrogen and oxygen atoms in total. The van der Waals surface area contributed by atoms with E-state index in [1.165, 1.54) is 12.8 Å². The van der Waals surface area contributed by atoms with Gasteiger partial charge in [0.25, 0.3) is 5.91 Å². The van der Waals surface area contributed by atoms with Gasteiger partial charge in [0, 0.05) is 31.1 Å². The van der Waals surface area contributed by atoms with Gasteiger partial charge in [-0.25, -0.2) is 0 Å². The summed E-state index contributed by atoms with van der Waals surface area (Å²) in [4.78, 5) is 24.9. The molecule has 114 valence electrons. The predicted octanol–water partition coefficient (Wildman–Crippen LogP) is 2.00. The third-order valence-electron chi connectivity index (χ3n) is 4.41. The summed E-state index contributed by atoms with van der Waals surface area (Å²) in [6.45, 7) is 1.39. The van der Waals surface area contributed by atoms with E-state index in [-0.39, 0.29) is 12.3 Å². The maximum atomic E-state index is 12.5. The van der Waals surface area contributed by atoms with Crippen molar-refractivity contribution < 1.29 is 14.7 Å². The van der Waals surface area contributed by atoms with Crippen LogP contribution in [-0.2, 0) is 4.79 Å². The van der Waals surface area contributed by atoms with Crippen LogP contribution in [0.25, 0.3) is 0 Å². The van der Waals surface area contributed by atoms with Gasteiger partial charge in [-0.15, -0.1) is 0 Å². The van der Waals surface area contributed by atoms with Gasteiger partial charge in [0.2, 0.25) is 0 Å². The van der Waals surface area contributed by atoms with E-state index in [0.29, 0.717) is 30.5 Å². The Kier molecular flexibility index (Phi) is 3.94. The number of aromatic nitrogens is 2. The molecule has 1 aromatic heterocycles. The molecule has 2 aliphatic rings. The summed E-state index contributed by atoms with van der Waals surface area (Å²) in [5.74, 6) is 0.0577. The van der Waals surface area contributed by atoms with Crippen molar-refractivity contribution in [1.29, 1.82) is 0 Å². The van der Waals surface area contributed by atoms with Gasteiger partial charge in [-0.2, -0.15) is 5.10 Å². The maximum Gasteiger partial charge on any atom is 0.303 e. The molecule has 0 radical (unpaired) electrons. The zero-order valence-electron chi connectivity index (χ0n) is 12.0. The molecule has 2 fully saturated rings. The lowest BCUT2D eigenvalue weighted by molar-refractivity contribution is -0.137. The highest BCUT2D eigenvalue weighted by Crippen LogP contribution is 2.39. The molecule has 1 saturated carbocycles.